The van der Waals surface area contributed by atoms with Crippen LogP contribution in [0.2, 0.25) is 0 Å². The maximum Gasteiger partial charge on any atom is 0.242 e. The minimum Gasteiger partial charge on any atom is -0.372 e. The van der Waals surface area contributed by atoms with Gasteiger partial charge < -0.3 is 14.5 Å². The Morgan fingerprint density at radius 3 is 2.96 bits per heavy atom. The van der Waals surface area contributed by atoms with Crippen molar-refractivity contribution in [3.63, 3.8) is 0 Å². The first kappa shape index (κ1) is 17.2. The molecule has 0 aliphatic carbocycles. The molecule has 0 radical (unpaired) electrons. The Balaban J connectivity index is 1.49. The summed E-state index contributed by atoms with van der Waals surface area (Å²) in [6.07, 6.45) is 1.62. The van der Waals surface area contributed by atoms with Crippen LogP contribution in [0.1, 0.15) is 18.4 Å². The van der Waals surface area contributed by atoms with E-state index < -0.39 is 0 Å². The maximum atomic E-state index is 13.6. The largest absolute Gasteiger partial charge is 0.372 e. The molecule has 130 valence electrons. The van der Waals surface area contributed by atoms with Gasteiger partial charge in [0, 0.05) is 18.7 Å². The highest BCUT2D eigenvalue weighted by molar-refractivity contribution is 8.00. The van der Waals surface area contributed by atoms with E-state index in [1.165, 1.54) is 17.8 Å². The lowest BCUT2D eigenvalue weighted by Gasteiger charge is -2.33. The highest BCUT2D eigenvalue weighted by Gasteiger charge is 2.28. The number of amides is 2. The van der Waals surface area contributed by atoms with Gasteiger partial charge in [-0.1, -0.05) is 18.2 Å². The van der Waals surface area contributed by atoms with Crippen molar-refractivity contribution in [1.82, 2.24) is 9.80 Å². The smallest absolute Gasteiger partial charge is 0.242 e. The zero-order chi connectivity index (χ0) is 16.9. The van der Waals surface area contributed by atoms with Crippen molar-refractivity contribution in [3.05, 3.63) is 35.6 Å². The first-order valence-electron chi connectivity index (χ1n) is 8.12. The predicted octanol–water partition coefficient (Wildman–Crippen LogP) is 1.87. The van der Waals surface area contributed by atoms with E-state index in [9.17, 15) is 14.0 Å². The Kier molecular flexibility index (Phi) is 5.73. The lowest BCUT2D eigenvalue weighted by molar-refractivity contribution is -0.141. The maximum absolute atomic E-state index is 13.6. The monoisotopic (exact) mass is 352 g/mol. The van der Waals surface area contributed by atoms with Crippen LogP contribution in [0.5, 0.6) is 0 Å². The molecule has 2 amide bonds. The number of piperidine rings is 1. The molecule has 0 saturated carbocycles. The molecule has 2 saturated heterocycles. The molecule has 2 aliphatic heterocycles. The van der Waals surface area contributed by atoms with E-state index in [4.69, 9.17) is 4.74 Å². The number of halogens is 1. The number of likely N-dealkylation sites (tertiary alicyclic amines) is 1. The third-order valence-corrected chi connectivity index (χ3v) is 5.26. The van der Waals surface area contributed by atoms with E-state index >= 15 is 0 Å². The van der Waals surface area contributed by atoms with Gasteiger partial charge in [-0.25, -0.2) is 4.39 Å². The molecule has 2 fully saturated rings. The molecule has 0 N–H and O–H groups in total. The zero-order valence-electron chi connectivity index (χ0n) is 13.4. The number of hydrogen-bond donors (Lipinski definition) is 0. The average molecular weight is 352 g/mol. The fourth-order valence-electron chi connectivity index (χ4n) is 2.93. The molecule has 24 heavy (non-hydrogen) atoms. The van der Waals surface area contributed by atoms with Crippen molar-refractivity contribution in [2.24, 2.45) is 0 Å². The molecule has 2 heterocycles. The van der Waals surface area contributed by atoms with Crippen molar-refractivity contribution in [2.75, 3.05) is 31.3 Å². The third-order valence-electron chi connectivity index (χ3n) is 4.31. The molecule has 1 aromatic rings. The van der Waals surface area contributed by atoms with Crippen molar-refractivity contribution >= 4 is 23.6 Å². The van der Waals surface area contributed by atoms with Crippen LogP contribution in [0.25, 0.3) is 0 Å². The van der Waals surface area contributed by atoms with E-state index in [0.29, 0.717) is 30.3 Å². The predicted molar refractivity (Wildman–Crippen MR) is 89.8 cm³/mol. The van der Waals surface area contributed by atoms with Crippen LogP contribution >= 0.6 is 11.8 Å². The number of thioether (sulfide) groups is 1. The third kappa shape index (κ3) is 4.27. The van der Waals surface area contributed by atoms with E-state index in [1.54, 1.807) is 28.0 Å². The van der Waals surface area contributed by atoms with Gasteiger partial charge in [-0.2, -0.15) is 0 Å². The number of carbonyl (C=O) groups excluding carboxylic acids is 2. The molecule has 5 nitrogen and oxygen atoms in total. The van der Waals surface area contributed by atoms with Crippen molar-refractivity contribution in [1.29, 1.82) is 0 Å². The zero-order valence-corrected chi connectivity index (χ0v) is 14.3. The van der Waals surface area contributed by atoms with Crippen LogP contribution in [0.4, 0.5) is 4.39 Å². The van der Waals surface area contributed by atoms with Crippen LogP contribution in [0.15, 0.2) is 24.3 Å². The summed E-state index contributed by atoms with van der Waals surface area (Å²) in [5, 5.41) is 0. The summed E-state index contributed by atoms with van der Waals surface area (Å²) in [6, 6.07) is 6.56. The lowest BCUT2D eigenvalue weighted by Crippen LogP contribution is -2.47. The van der Waals surface area contributed by atoms with Crippen LogP contribution < -0.4 is 0 Å². The highest BCUT2D eigenvalue weighted by atomic mass is 32.2. The second-order valence-electron chi connectivity index (χ2n) is 6.08. The number of nitrogens with zero attached hydrogens (tertiary/aromatic N) is 2. The lowest BCUT2D eigenvalue weighted by atomic mass is 10.1. The van der Waals surface area contributed by atoms with Crippen molar-refractivity contribution in [2.45, 2.75) is 25.6 Å². The van der Waals surface area contributed by atoms with Crippen LogP contribution in [-0.4, -0.2) is 59.0 Å². The first-order valence-corrected chi connectivity index (χ1v) is 9.27. The van der Waals surface area contributed by atoms with Gasteiger partial charge in [0.1, 0.15) is 12.4 Å². The standard InChI is InChI=1S/C17H21FN2O3S/c18-15-6-2-1-4-13(15)10-23-14-5-3-7-19(8-14)16(21)9-20-12-24-11-17(20)22/h1-2,4,6,14H,3,5,7-12H2/t14-/m0/s1. The number of benzene rings is 1. The summed E-state index contributed by atoms with van der Waals surface area (Å²) in [6.45, 7) is 1.54. The molecule has 0 unspecified atom stereocenters. The molecular formula is C17H21FN2O3S. The number of rotatable bonds is 5. The fraction of sp³-hybridized carbons (Fsp3) is 0.529. The van der Waals surface area contributed by atoms with Crippen molar-refractivity contribution < 1.29 is 18.7 Å². The fourth-order valence-corrected chi connectivity index (χ4v) is 3.83. The van der Waals surface area contributed by atoms with Gasteiger partial charge in [-0.05, 0) is 18.9 Å². The Morgan fingerprint density at radius 2 is 2.21 bits per heavy atom. The van der Waals surface area contributed by atoms with E-state index in [1.807, 2.05) is 0 Å². The van der Waals surface area contributed by atoms with Gasteiger partial charge in [0.2, 0.25) is 11.8 Å². The topological polar surface area (TPSA) is 49.9 Å². The second kappa shape index (κ2) is 7.98. The molecule has 2 aliphatic rings. The Bertz CT molecular complexity index is 613. The summed E-state index contributed by atoms with van der Waals surface area (Å²) in [7, 11) is 0. The quantitative estimate of drug-likeness (QED) is 0.812. The molecule has 7 heteroatoms. The first-order chi connectivity index (χ1) is 11.6. The summed E-state index contributed by atoms with van der Waals surface area (Å²) in [5.74, 6) is 0.766. The number of ether oxygens (including phenoxy) is 1. The van der Waals surface area contributed by atoms with E-state index in [-0.39, 0.29) is 36.9 Å². The molecule has 1 atom stereocenters. The minimum atomic E-state index is -0.272. The Morgan fingerprint density at radius 1 is 1.38 bits per heavy atom. The Hall–Kier alpha value is -1.60. The van der Waals surface area contributed by atoms with Gasteiger partial charge in [0.05, 0.1) is 24.3 Å². The van der Waals surface area contributed by atoms with E-state index in [2.05, 4.69) is 0 Å². The molecule has 1 aromatic carbocycles. The van der Waals surface area contributed by atoms with Crippen molar-refractivity contribution in [3.8, 4) is 0 Å². The highest BCUT2D eigenvalue weighted by Crippen LogP contribution is 2.18. The normalized spacial score (nSPS) is 21.4. The van der Waals surface area contributed by atoms with Gasteiger partial charge in [-0.3, -0.25) is 9.59 Å². The Labute approximate surface area is 145 Å². The molecule has 0 bridgehead atoms. The van der Waals surface area contributed by atoms with E-state index in [0.717, 1.165) is 12.8 Å². The molecule has 0 aromatic heterocycles. The minimum absolute atomic E-state index is 0.0257. The number of hydrogen-bond acceptors (Lipinski definition) is 4. The molecular weight excluding hydrogens is 331 g/mol. The van der Waals surface area contributed by atoms with Gasteiger partial charge in [-0.15, -0.1) is 11.8 Å². The summed E-state index contributed by atoms with van der Waals surface area (Å²) in [5.41, 5.74) is 0.528. The second-order valence-corrected chi connectivity index (χ2v) is 7.03. The van der Waals surface area contributed by atoms with Crippen LogP contribution in [-0.2, 0) is 20.9 Å². The van der Waals surface area contributed by atoms with Gasteiger partial charge in [0.25, 0.3) is 0 Å². The van der Waals surface area contributed by atoms with Crippen LogP contribution in [0, 0.1) is 5.82 Å². The SMILES string of the molecule is O=C1CSCN1CC(=O)N1CCC[C@H](OCc2ccccc2F)C1. The van der Waals surface area contributed by atoms with Gasteiger partial charge >= 0.3 is 0 Å². The summed E-state index contributed by atoms with van der Waals surface area (Å²) >= 11 is 1.53. The summed E-state index contributed by atoms with van der Waals surface area (Å²) in [4.78, 5) is 27.4. The van der Waals surface area contributed by atoms with Crippen LogP contribution in [0.3, 0.4) is 0 Å². The number of carbonyl (C=O) groups is 2. The summed E-state index contributed by atoms with van der Waals surface area (Å²) < 4.78 is 19.4. The van der Waals surface area contributed by atoms with Gasteiger partial charge in [0.15, 0.2) is 0 Å². The average Bonchev–Trinajstić information content (AvgIpc) is 2.99. The molecule has 3 rings (SSSR count). The molecule has 0 spiro atoms.